The summed E-state index contributed by atoms with van der Waals surface area (Å²) in [6.07, 6.45) is -0.778. The van der Waals surface area contributed by atoms with Crippen molar-refractivity contribution in [3.8, 4) is 0 Å². The van der Waals surface area contributed by atoms with Crippen LogP contribution in [-0.2, 0) is 11.3 Å². The zero-order valence-electron chi connectivity index (χ0n) is 19.9. The minimum Gasteiger partial charge on any atom is -0.384 e. The highest BCUT2D eigenvalue weighted by Crippen LogP contribution is 2.28. The number of hydrogen-bond acceptors (Lipinski definition) is 7. The zero-order chi connectivity index (χ0) is 25.8. The minimum absolute atomic E-state index is 0.0245. The number of amides is 1. The Morgan fingerprint density at radius 1 is 1.22 bits per heavy atom. The lowest BCUT2D eigenvalue weighted by atomic mass is 9.99. The summed E-state index contributed by atoms with van der Waals surface area (Å²) in [5.74, 6) is -0.387. The molecule has 0 spiro atoms. The number of piperazine rings is 1. The standard InChI is InChI=1S/C24H28ClF2N7O2/c1-32-8-10-33(11-9-32)24(36)21(28)17-14-34(19-13-30-31-23(35)20(19)25)7-6-18(17)29-12-15-4-2-3-5-16(15)22(26)27/h2-5,13,22,28-29H,6-12,14H2,1H3,(H,31,35). The molecule has 36 heavy (non-hydrogen) atoms. The molecular formula is C24H28ClF2N7O2. The number of rotatable bonds is 7. The number of anilines is 1. The Labute approximate surface area is 212 Å². The second-order valence-electron chi connectivity index (χ2n) is 8.85. The van der Waals surface area contributed by atoms with Crippen LogP contribution in [0.2, 0.25) is 5.02 Å². The lowest BCUT2D eigenvalue weighted by Crippen LogP contribution is -2.50. The number of carbonyl (C=O) groups is 1. The van der Waals surface area contributed by atoms with Crippen LogP contribution in [0, 0.1) is 5.41 Å². The largest absolute Gasteiger partial charge is 0.384 e. The number of aromatic nitrogens is 2. The van der Waals surface area contributed by atoms with Gasteiger partial charge >= 0.3 is 0 Å². The zero-order valence-corrected chi connectivity index (χ0v) is 20.6. The molecule has 3 heterocycles. The Morgan fingerprint density at radius 3 is 2.67 bits per heavy atom. The van der Waals surface area contributed by atoms with Crippen LogP contribution >= 0.6 is 11.6 Å². The van der Waals surface area contributed by atoms with Gasteiger partial charge in [-0.3, -0.25) is 15.0 Å². The van der Waals surface area contributed by atoms with E-state index in [-0.39, 0.29) is 35.3 Å². The molecule has 0 saturated carbocycles. The summed E-state index contributed by atoms with van der Waals surface area (Å²) in [5, 5.41) is 18.1. The minimum atomic E-state index is -2.61. The molecular weight excluding hydrogens is 492 g/mol. The average molecular weight is 520 g/mol. The van der Waals surface area contributed by atoms with E-state index in [2.05, 4.69) is 20.4 Å². The molecule has 9 nitrogen and oxygen atoms in total. The van der Waals surface area contributed by atoms with Crippen LogP contribution < -0.4 is 15.8 Å². The molecule has 1 saturated heterocycles. The predicted molar refractivity (Wildman–Crippen MR) is 134 cm³/mol. The maximum absolute atomic E-state index is 13.5. The molecule has 0 radical (unpaired) electrons. The van der Waals surface area contributed by atoms with Gasteiger partial charge in [0.1, 0.15) is 10.7 Å². The van der Waals surface area contributed by atoms with Crippen molar-refractivity contribution in [2.24, 2.45) is 0 Å². The van der Waals surface area contributed by atoms with Crippen molar-refractivity contribution in [3.63, 3.8) is 0 Å². The molecule has 0 unspecified atom stereocenters. The highest BCUT2D eigenvalue weighted by Gasteiger charge is 2.30. The summed E-state index contributed by atoms with van der Waals surface area (Å²) in [4.78, 5) is 30.8. The number of nitrogens with one attached hydrogen (secondary N) is 3. The average Bonchev–Trinajstić information content (AvgIpc) is 2.88. The van der Waals surface area contributed by atoms with E-state index >= 15 is 0 Å². The van der Waals surface area contributed by atoms with Gasteiger partial charge < -0.3 is 20.0 Å². The highest BCUT2D eigenvalue weighted by molar-refractivity contribution is 6.44. The van der Waals surface area contributed by atoms with Gasteiger partial charge in [-0.1, -0.05) is 35.9 Å². The van der Waals surface area contributed by atoms with E-state index in [4.69, 9.17) is 17.0 Å². The fourth-order valence-corrected chi connectivity index (χ4v) is 4.61. The van der Waals surface area contributed by atoms with E-state index < -0.39 is 12.0 Å². The maximum Gasteiger partial charge on any atom is 0.285 e. The summed E-state index contributed by atoms with van der Waals surface area (Å²) in [6, 6.07) is 6.28. The van der Waals surface area contributed by atoms with Crippen LogP contribution in [0.3, 0.4) is 0 Å². The number of benzene rings is 1. The molecule has 1 fully saturated rings. The number of carbonyl (C=O) groups excluding carboxylic acids is 1. The fourth-order valence-electron chi connectivity index (χ4n) is 4.39. The molecule has 0 atom stereocenters. The number of hydrogen-bond donors (Lipinski definition) is 3. The summed E-state index contributed by atoms with van der Waals surface area (Å²) in [6.45, 7) is 3.17. The first-order valence-electron chi connectivity index (χ1n) is 11.6. The number of H-pyrrole nitrogens is 1. The molecule has 0 bridgehead atoms. The Bertz CT molecular complexity index is 1220. The molecule has 2 aliphatic heterocycles. The first kappa shape index (κ1) is 25.8. The van der Waals surface area contributed by atoms with E-state index in [9.17, 15) is 18.4 Å². The van der Waals surface area contributed by atoms with Crippen molar-refractivity contribution < 1.29 is 13.6 Å². The van der Waals surface area contributed by atoms with Gasteiger partial charge in [-0.15, -0.1) is 0 Å². The van der Waals surface area contributed by atoms with Gasteiger partial charge in [-0.05, 0) is 12.6 Å². The molecule has 3 N–H and O–H groups in total. The molecule has 12 heteroatoms. The molecule has 1 aromatic carbocycles. The SMILES string of the molecule is CN1CCN(C(=O)C(=N)C2=C(NCc3ccccc3C(F)F)CCN(c3cn[nH]c(=O)c3Cl)C2)CC1. The molecule has 2 aliphatic rings. The Hall–Kier alpha value is -3.31. The van der Waals surface area contributed by atoms with Crippen molar-refractivity contribution in [2.45, 2.75) is 19.4 Å². The van der Waals surface area contributed by atoms with Crippen LogP contribution in [0.25, 0.3) is 0 Å². The predicted octanol–water partition coefficient (Wildman–Crippen LogP) is 2.41. The monoisotopic (exact) mass is 519 g/mol. The maximum atomic E-state index is 13.5. The van der Waals surface area contributed by atoms with E-state index in [0.717, 1.165) is 0 Å². The van der Waals surface area contributed by atoms with Gasteiger partial charge in [0.15, 0.2) is 0 Å². The van der Waals surface area contributed by atoms with Gasteiger partial charge in [-0.2, -0.15) is 5.10 Å². The number of alkyl halides is 2. The molecule has 192 valence electrons. The Morgan fingerprint density at radius 2 is 1.94 bits per heavy atom. The van der Waals surface area contributed by atoms with Crippen LogP contribution in [-0.4, -0.2) is 77.9 Å². The summed E-state index contributed by atoms with van der Waals surface area (Å²) in [5.41, 5.74) is 1.17. The summed E-state index contributed by atoms with van der Waals surface area (Å²) < 4.78 is 26.9. The third-order valence-electron chi connectivity index (χ3n) is 6.55. The molecule has 1 aromatic heterocycles. The highest BCUT2D eigenvalue weighted by atomic mass is 35.5. The second-order valence-corrected chi connectivity index (χ2v) is 9.23. The van der Waals surface area contributed by atoms with Gasteiger partial charge in [-0.25, -0.2) is 13.9 Å². The lowest BCUT2D eigenvalue weighted by molar-refractivity contribution is -0.125. The van der Waals surface area contributed by atoms with Crippen molar-refractivity contribution in [1.82, 2.24) is 25.3 Å². The Kier molecular flexibility index (Phi) is 8.00. The quantitative estimate of drug-likeness (QED) is 0.485. The van der Waals surface area contributed by atoms with Gasteiger partial charge in [0.2, 0.25) is 0 Å². The van der Waals surface area contributed by atoms with Crippen LogP contribution in [0.1, 0.15) is 24.0 Å². The van der Waals surface area contributed by atoms with E-state index in [1.54, 1.807) is 28.0 Å². The van der Waals surface area contributed by atoms with Crippen LogP contribution in [0.5, 0.6) is 0 Å². The third-order valence-corrected chi connectivity index (χ3v) is 6.92. The van der Waals surface area contributed by atoms with Crippen molar-refractivity contribution in [2.75, 3.05) is 51.2 Å². The van der Waals surface area contributed by atoms with Crippen molar-refractivity contribution >= 4 is 28.9 Å². The number of aromatic amines is 1. The smallest absolute Gasteiger partial charge is 0.285 e. The molecule has 4 rings (SSSR count). The fraction of sp³-hybridized carbons (Fsp3) is 0.417. The Balaban J connectivity index is 1.62. The van der Waals surface area contributed by atoms with Gasteiger partial charge in [0.25, 0.3) is 17.9 Å². The van der Waals surface area contributed by atoms with Gasteiger partial charge in [0, 0.05) is 69.1 Å². The topological polar surface area (TPSA) is 108 Å². The van der Waals surface area contributed by atoms with Gasteiger partial charge in [0.05, 0.1) is 11.9 Å². The van der Waals surface area contributed by atoms with Crippen LogP contribution in [0.15, 0.2) is 46.5 Å². The molecule has 2 aromatic rings. The van der Waals surface area contributed by atoms with E-state index in [1.807, 2.05) is 7.05 Å². The normalized spacial score (nSPS) is 17.0. The van der Waals surface area contributed by atoms with E-state index in [1.165, 1.54) is 12.3 Å². The van der Waals surface area contributed by atoms with Crippen molar-refractivity contribution in [1.29, 1.82) is 5.41 Å². The first-order valence-corrected chi connectivity index (χ1v) is 12.0. The molecule has 0 aliphatic carbocycles. The number of nitrogens with zero attached hydrogens (tertiary/aromatic N) is 4. The summed E-state index contributed by atoms with van der Waals surface area (Å²) in [7, 11) is 1.98. The lowest BCUT2D eigenvalue weighted by Gasteiger charge is -2.35. The van der Waals surface area contributed by atoms with Crippen molar-refractivity contribution in [3.05, 3.63) is 68.2 Å². The number of halogens is 3. The number of likely N-dealkylation sites (N-methyl/N-ethyl adjacent to an activating group) is 1. The third kappa shape index (κ3) is 5.57. The second kappa shape index (κ2) is 11.2. The van der Waals surface area contributed by atoms with Crippen LogP contribution in [0.4, 0.5) is 14.5 Å². The van der Waals surface area contributed by atoms with E-state index in [0.29, 0.717) is 61.7 Å². The first-order chi connectivity index (χ1) is 17.3. The molecule has 1 amide bonds. The summed E-state index contributed by atoms with van der Waals surface area (Å²) >= 11 is 6.21.